The second-order valence-corrected chi connectivity index (χ2v) is 9.53. The summed E-state index contributed by atoms with van der Waals surface area (Å²) in [5, 5.41) is 0. The monoisotopic (exact) mass is 427 g/mol. The van der Waals surface area contributed by atoms with Crippen molar-refractivity contribution in [1.82, 2.24) is 14.0 Å². The molecule has 0 N–H and O–H groups in total. The lowest BCUT2D eigenvalue weighted by atomic mass is 10.1. The number of nitrogens with zero attached hydrogens (tertiary/aromatic N) is 3. The van der Waals surface area contributed by atoms with E-state index < -0.39 is 0 Å². The summed E-state index contributed by atoms with van der Waals surface area (Å²) in [7, 11) is 0. The van der Waals surface area contributed by atoms with Gasteiger partial charge in [-0.05, 0) is 94.1 Å². The minimum atomic E-state index is 0.00192. The molecule has 4 nitrogen and oxygen atoms in total. The molecule has 2 aromatic carbocycles. The molecule has 0 radical (unpaired) electrons. The van der Waals surface area contributed by atoms with Crippen LogP contribution >= 0.6 is 11.3 Å². The van der Waals surface area contributed by atoms with Gasteiger partial charge < -0.3 is 4.57 Å². The maximum atomic E-state index is 13.3. The molecule has 0 fully saturated rings. The molecule has 0 aliphatic rings. The molecule has 156 valence electrons. The van der Waals surface area contributed by atoms with E-state index in [4.69, 9.17) is 4.98 Å². The molecule has 31 heavy (non-hydrogen) atoms. The van der Waals surface area contributed by atoms with Crippen molar-refractivity contribution in [3.05, 3.63) is 90.5 Å². The number of hydrogen-bond acceptors (Lipinski definition) is 3. The summed E-state index contributed by atoms with van der Waals surface area (Å²) in [6, 6.07) is 12.8. The third-order valence-corrected chi connectivity index (χ3v) is 7.17. The zero-order valence-electron chi connectivity index (χ0n) is 18.7. The van der Waals surface area contributed by atoms with Gasteiger partial charge in [0.1, 0.15) is 0 Å². The van der Waals surface area contributed by atoms with Gasteiger partial charge in [-0.2, -0.15) is 0 Å². The quantitative estimate of drug-likeness (QED) is 0.393. The third kappa shape index (κ3) is 3.03. The Kier molecular flexibility index (Phi) is 4.41. The van der Waals surface area contributed by atoms with Gasteiger partial charge in [0.05, 0.1) is 15.6 Å². The fourth-order valence-corrected chi connectivity index (χ4v) is 5.40. The van der Waals surface area contributed by atoms with Crippen molar-refractivity contribution in [1.29, 1.82) is 0 Å². The minimum Gasteiger partial charge on any atom is -0.318 e. The highest BCUT2D eigenvalue weighted by Crippen LogP contribution is 2.25. The van der Waals surface area contributed by atoms with Crippen LogP contribution < -0.4 is 10.1 Å². The van der Waals surface area contributed by atoms with Crippen LogP contribution in [0.1, 0.15) is 39.2 Å². The fourth-order valence-electron chi connectivity index (χ4n) is 4.42. The summed E-state index contributed by atoms with van der Waals surface area (Å²) in [6.07, 6.45) is 2.01. The summed E-state index contributed by atoms with van der Waals surface area (Å²) in [5.74, 6) is 0. The number of imidazole rings is 1. The first-order valence-corrected chi connectivity index (χ1v) is 11.3. The van der Waals surface area contributed by atoms with E-state index in [0.717, 1.165) is 32.9 Å². The van der Waals surface area contributed by atoms with Crippen molar-refractivity contribution in [3.63, 3.8) is 0 Å². The highest BCUT2D eigenvalue weighted by Gasteiger charge is 2.15. The lowest BCUT2D eigenvalue weighted by Crippen LogP contribution is -2.22. The Balaban J connectivity index is 1.70. The topological polar surface area (TPSA) is 39.3 Å². The molecule has 5 rings (SSSR count). The molecule has 0 atom stereocenters. The van der Waals surface area contributed by atoms with E-state index in [9.17, 15) is 4.79 Å². The van der Waals surface area contributed by atoms with Crippen LogP contribution in [0.15, 0.2) is 41.2 Å². The summed E-state index contributed by atoms with van der Waals surface area (Å²) >= 11 is 1.46. The molecule has 0 saturated carbocycles. The zero-order valence-corrected chi connectivity index (χ0v) is 19.5. The van der Waals surface area contributed by atoms with Crippen molar-refractivity contribution < 1.29 is 0 Å². The van der Waals surface area contributed by atoms with Gasteiger partial charge in [0, 0.05) is 17.1 Å². The molecule has 3 aromatic heterocycles. The maximum absolute atomic E-state index is 13.3. The van der Waals surface area contributed by atoms with Gasteiger partial charge in [0.15, 0.2) is 4.96 Å². The predicted octanol–water partition coefficient (Wildman–Crippen LogP) is 5.10. The van der Waals surface area contributed by atoms with E-state index in [0.29, 0.717) is 4.53 Å². The van der Waals surface area contributed by atoms with Crippen LogP contribution in [0.4, 0.5) is 0 Å². The molecule has 0 amide bonds. The van der Waals surface area contributed by atoms with Gasteiger partial charge in [-0.3, -0.25) is 4.79 Å². The lowest BCUT2D eigenvalue weighted by molar-refractivity contribution is 0.952. The number of aromatic nitrogens is 3. The molecule has 0 saturated heterocycles. The number of thiazole rings is 1. The highest BCUT2D eigenvalue weighted by atomic mass is 32.1. The van der Waals surface area contributed by atoms with Gasteiger partial charge in [0.2, 0.25) is 0 Å². The zero-order chi connectivity index (χ0) is 22.0. The molecule has 0 aliphatic carbocycles. The van der Waals surface area contributed by atoms with Gasteiger partial charge >= 0.3 is 0 Å². The number of aryl methyl sites for hydroxylation is 5. The van der Waals surface area contributed by atoms with Gasteiger partial charge in [-0.15, -0.1) is 0 Å². The first kappa shape index (κ1) is 19.8. The Morgan fingerprint density at radius 1 is 0.903 bits per heavy atom. The van der Waals surface area contributed by atoms with E-state index in [-0.39, 0.29) is 5.56 Å². The predicted molar refractivity (Wildman–Crippen MR) is 130 cm³/mol. The lowest BCUT2D eigenvalue weighted by Gasteiger charge is -2.13. The van der Waals surface area contributed by atoms with Crippen LogP contribution in [0.2, 0.25) is 0 Å². The molecule has 0 bridgehead atoms. The highest BCUT2D eigenvalue weighted by molar-refractivity contribution is 7.15. The molecule has 0 unspecified atom stereocenters. The van der Waals surface area contributed by atoms with Crippen molar-refractivity contribution in [2.24, 2.45) is 0 Å². The minimum absolute atomic E-state index is 0.00192. The smallest absolute Gasteiger partial charge is 0.274 e. The van der Waals surface area contributed by atoms with Crippen LogP contribution in [0.25, 0.3) is 27.8 Å². The van der Waals surface area contributed by atoms with Crippen LogP contribution in [-0.4, -0.2) is 14.0 Å². The van der Waals surface area contributed by atoms with Crippen LogP contribution in [-0.2, 0) is 0 Å². The van der Waals surface area contributed by atoms with Gasteiger partial charge in [-0.25, -0.2) is 9.38 Å². The Hall–Kier alpha value is -3.18. The molecule has 0 spiro atoms. The Morgan fingerprint density at radius 3 is 2.39 bits per heavy atom. The standard InChI is InChI=1S/C26H25N3OS/c1-14-7-8-22(17(4)9-14)28-18(5)12-20(19(28)6)13-24-25(30)29-23-11-16(3)15(2)10-21(23)27-26(29)31-24/h7-13H,1-6H3/b24-13-. The van der Waals surface area contributed by atoms with Crippen molar-refractivity contribution in [2.45, 2.75) is 41.5 Å². The second kappa shape index (κ2) is 6.92. The second-order valence-electron chi connectivity index (χ2n) is 8.52. The average Bonchev–Trinajstić information content (AvgIpc) is 3.29. The van der Waals surface area contributed by atoms with E-state index in [1.807, 2.05) is 6.08 Å². The van der Waals surface area contributed by atoms with Crippen molar-refractivity contribution >= 4 is 33.4 Å². The number of hydrogen-bond donors (Lipinski definition) is 0. The number of rotatable bonds is 2. The molecule has 5 aromatic rings. The fraction of sp³-hybridized carbons (Fsp3) is 0.231. The van der Waals surface area contributed by atoms with Crippen LogP contribution in [0.5, 0.6) is 0 Å². The largest absolute Gasteiger partial charge is 0.318 e. The molecular weight excluding hydrogens is 402 g/mol. The Labute approximate surface area is 185 Å². The van der Waals surface area contributed by atoms with Gasteiger partial charge in [0.25, 0.3) is 5.56 Å². The maximum Gasteiger partial charge on any atom is 0.274 e. The summed E-state index contributed by atoms with van der Waals surface area (Å²) < 4.78 is 4.73. The van der Waals surface area contributed by atoms with Crippen LogP contribution in [0, 0.1) is 41.5 Å². The summed E-state index contributed by atoms with van der Waals surface area (Å²) in [5.41, 5.74) is 11.2. The third-order valence-electron chi connectivity index (χ3n) is 6.20. The van der Waals surface area contributed by atoms with Crippen LogP contribution in [0.3, 0.4) is 0 Å². The van der Waals surface area contributed by atoms with Crippen molar-refractivity contribution in [2.75, 3.05) is 0 Å². The Morgan fingerprint density at radius 2 is 1.65 bits per heavy atom. The number of fused-ring (bicyclic) bond motifs is 3. The SMILES string of the molecule is Cc1ccc(-n2c(C)cc(/C=c3\sc4nc5cc(C)c(C)cc5n4c3=O)c2C)c(C)c1. The van der Waals surface area contributed by atoms with E-state index >= 15 is 0 Å². The molecule has 5 heteroatoms. The average molecular weight is 428 g/mol. The van der Waals surface area contributed by atoms with Gasteiger partial charge in [-0.1, -0.05) is 29.0 Å². The summed E-state index contributed by atoms with van der Waals surface area (Å²) in [6.45, 7) is 12.6. The molecule has 3 heterocycles. The van der Waals surface area contributed by atoms with E-state index in [1.165, 1.54) is 39.3 Å². The van der Waals surface area contributed by atoms with Crippen molar-refractivity contribution in [3.8, 4) is 5.69 Å². The summed E-state index contributed by atoms with van der Waals surface area (Å²) in [4.78, 5) is 18.7. The number of benzene rings is 2. The Bertz CT molecular complexity index is 1610. The molecule has 0 aliphatic heterocycles. The first-order chi connectivity index (χ1) is 14.7. The van der Waals surface area contributed by atoms with E-state index in [1.54, 1.807) is 4.40 Å². The first-order valence-electron chi connectivity index (χ1n) is 10.4. The van der Waals surface area contributed by atoms with E-state index in [2.05, 4.69) is 82.5 Å². The normalized spacial score (nSPS) is 12.5. The molecular formula is C26H25N3OS.